The van der Waals surface area contributed by atoms with E-state index in [1.807, 2.05) is 0 Å². The number of nitrogens with one attached hydrogen (secondary N) is 1. The van der Waals surface area contributed by atoms with E-state index in [1.165, 1.54) is 35.1 Å². The maximum atomic E-state index is 12.4. The minimum Gasteiger partial charge on any atom is -0.288 e. The second kappa shape index (κ2) is 6.83. The van der Waals surface area contributed by atoms with E-state index in [-0.39, 0.29) is 16.3 Å². The Morgan fingerprint density at radius 2 is 1.88 bits per heavy atom. The Kier molecular flexibility index (Phi) is 4.59. The minimum absolute atomic E-state index is 0.202. The van der Waals surface area contributed by atoms with E-state index in [0.717, 1.165) is 0 Å². The van der Waals surface area contributed by atoms with Gasteiger partial charge in [-0.3, -0.25) is 10.0 Å². The van der Waals surface area contributed by atoms with E-state index in [9.17, 15) is 13.2 Å². The van der Waals surface area contributed by atoms with Crippen molar-refractivity contribution in [3.8, 4) is 11.3 Å². The van der Waals surface area contributed by atoms with Crippen LogP contribution in [0, 0.1) is 0 Å². The second-order valence-electron chi connectivity index (χ2n) is 5.22. The van der Waals surface area contributed by atoms with Crippen molar-refractivity contribution in [3.05, 3.63) is 66.4 Å². The number of aromatic nitrogens is 3. The van der Waals surface area contributed by atoms with Crippen molar-refractivity contribution in [2.24, 2.45) is 0 Å². The number of nitrogens with zero attached hydrogens (tertiary/aromatic N) is 3. The molecule has 1 aromatic heterocycles. The molecule has 9 heteroatoms. The Bertz CT molecular complexity index is 1000. The first-order chi connectivity index (χ1) is 12.0. The smallest absolute Gasteiger partial charge is 0.274 e. The topological polar surface area (TPSA) is 114 Å². The fourth-order valence-electron chi connectivity index (χ4n) is 2.25. The summed E-state index contributed by atoms with van der Waals surface area (Å²) in [5.74, 6) is -0.998. The van der Waals surface area contributed by atoms with Gasteiger partial charge in [0, 0.05) is 11.1 Å². The molecule has 3 rings (SSSR count). The van der Waals surface area contributed by atoms with E-state index in [0.29, 0.717) is 11.3 Å². The fraction of sp³-hybridized carbons (Fsp3) is 0.0625. The molecule has 0 fully saturated rings. The van der Waals surface area contributed by atoms with Crippen LogP contribution in [0.2, 0.25) is 0 Å². The van der Waals surface area contributed by atoms with Crippen LogP contribution in [-0.2, 0) is 15.7 Å². The van der Waals surface area contributed by atoms with Crippen LogP contribution in [0.5, 0.6) is 0 Å². The lowest BCUT2D eigenvalue weighted by atomic mass is 10.1. The van der Waals surface area contributed by atoms with Gasteiger partial charge in [-0.25, -0.2) is 18.6 Å². The van der Waals surface area contributed by atoms with E-state index in [1.54, 1.807) is 35.8 Å². The van der Waals surface area contributed by atoms with E-state index in [4.69, 9.17) is 5.21 Å². The lowest BCUT2D eigenvalue weighted by Crippen LogP contribution is -2.18. The van der Waals surface area contributed by atoms with Crippen molar-refractivity contribution < 1.29 is 18.4 Å². The summed E-state index contributed by atoms with van der Waals surface area (Å²) in [6.07, 6.45) is 1.48. The average molecular weight is 358 g/mol. The van der Waals surface area contributed by atoms with Gasteiger partial charge in [-0.05, 0) is 24.3 Å². The first kappa shape index (κ1) is 16.8. The van der Waals surface area contributed by atoms with Crippen LogP contribution in [0.25, 0.3) is 11.3 Å². The molecule has 0 bridgehead atoms. The van der Waals surface area contributed by atoms with Crippen LogP contribution in [0.3, 0.4) is 0 Å². The van der Waals surface area contributed by atoms with Crippen LogP contribution in [0.4, 0.5) is 0 Å². The Balaban J connectivity index is 1.85. The number of sulfone groups is 1. The molecule has 0 aliphatic rings. The summed E-state index contributed by atoms with van der Waals surface area (Å²) in [6, 6.07) is 14.4. The minimum atomic E-state index is -3.54. The van der Waals surface area contributed by atoms with Gasteiger partial charge in [-0.15, -0.1) is 5.10 Å². The van der Waals surface area contributed by atoms with Crippen LogP contribution < -0.4 is 5.48 Å². The summed E-state index contributed by atoms with van der Waals surface area (Å²) in [5, 5.41) is 16.5. The van der Waals surface area contributed by atoms with E-state index < -0.39 is 15.7 Å². The predicted molar refractivity (Wildman–Crippen MR) is 88.3 cm³/mol. The quantitative estimate of drug-likeness (QED) is 0.528. The highest BCUT2D eigenvalue weighted by atomic mass is 32.2. The summed E-state index contributed by atoms with van der Waals surface area (Å²) in [5.41, 5.74) is 2.78. The first-order valence-electron chi connectivity index (χ1n) is 7.22. The summed E-state index contributed by atoms with van der Waals surface area (Å²) < 4.78 is 25.9. The molecule has 0 saturated carbocycles. The molecule has 25 heavy (non-hydrogen) atoms. The molecule has 0 atom stereocenters. The second-order valence-corrected chi connectivity index (χ2v) is 7.18. The average Bonchev–Trinajstić information content (AvgIpc) is 3.09. The lowest BCUT2D eigenvalue weighted by molar-refractivity contribution is 0.0706. The third-order valence-corrected chi connectivity index (χ3v) is 5.06. The van der Waals surface area contributed by atoms with Gasteiger partial charge in [-0.1, -0.05) is 35.5 Å². The first-order valence-corrected chi connectivity index (χ1v) is 8.87. The molecule has 2 N–H and O–H groups in total. The molecule has 128 valence electrons. The normalized spacial score (nSPS) is 11.2. The van der Waals surface area contributed by atoms with Crippen LogP contribution in [-0.4, -0.2) is 34.5 Å². The lowest BCUT2D eigenvalue weighted by Gasteiger charge is -2.03. The highest BCUT2D eigenvalue weighted by molar-refractivity contribution is 7.90. The predicted octanol–water partition coefficient (Wildman–Crippen LogP) is 1.50. The summed E-state index contributed by atoms with van der Waals surface area (Å²) in [7, 11) is -3.54. The van der Waals surface area contributed by atoms with Crippen molar-refractivity contribution in [1.82, 2.24) is 20.5 Å². The van der Waals surface area contributed by atoms with Gasteiger partial charge < -0.3 is 0 Å². The zero-order valence-corrected chi connectivity index (χ0v) is 13.7. The Morgan fingerprint density at radius 1 is 1.12 bits per heavy atom. The number of hydrogen-bond acceptors (Lipinski definition) is 6. The van der Waals surface area contributed by atoms with Gasteiger partial charge in [0.15, 0.2) is 9.84 Å². The van der Waals surface area contributed by atoms with Crippen LogP contribution in [0.15, 0.2) is 65.7 Å². The number of rotatable bonds is 5. The molecule has 1 heterocycles. The molecular weight excluding hydrogens is 344 g/mol. The van der Waals surface area contributed by atoms with Crippen molar-refractivity contribution in [1.29, 1.82) is 0 Å². The van der Waals surface area contributed by atoms with Crippen molar-refractivity contribution >= 4 is 15.7 Å². The van der Waals surface area contributed by atoms with Gasteiger partial charge in [0.1, 0.15) is 11.6 Å². The Hall–Kier alpha value is -3.04. The van der Waals surface area contributed by atoms with Gasteiger partial charge in [0.05, 0.1) is 11.1 Å². The maximum Gasteiger partial charge on any atom is 0.274 e. The zero-order chi connectivity index (χ0) is 17.9. The largest absolute Gasteiger partial charge is 0.288 e. The molecule has 1 amide bonds. The van der Waals surface area contributed by atoms with Crippen LogP contribution in [0.1, 0.15) is 10.4 Å². The highest BCUT2D eigenvalue weighted by Gasteiger charge is 2.16. The van der Waals surface area contributed by atoms with E-state index in [2.05, 4.69) is 10.3 Å². The summed E-state index contributed by atoms with van der Waals surface area (Å²) >= 11 is 0. The molecule has 0 saturated heterocycles. The molecule has 0 aliphatic carbocycles. The number of hydroxylamine groups is 1. The molecule has 0 aliphatic heterocycles. The van der Waals surface area contributed by atoms with E-state index >= 15 is 0 Å². The molecule has 8 nitrogen and oxygen atoms in total. The molecule has 0 unspecified atom stereocenters. The third-order valence-electron chi connectivity index (χ3n) is 3.47. The monoisotopic (exact) mass is 358 g/mol. The third kappa shape index (κ3) is 3.73. The molecule has 2 aromatic carbocycles. The molecular formula is C16H14N4O4S. The van der Waals surface area contributed by atoms with Gasteiger partial charge in [0.25, 0.3) is 5.91 Å². The number of hydrogen-bond donors (Lipinski definition) is 2. The summed E-state index contributed by atoms with van der Waals surface area (Å²) in [6.45, 7) is 0. The number of amides is 1. The Labute approximate surface area is 143 Å². The van der Waals surface area contributed by atoms with Crippen molar-refractivity contribution in [3.63, 3.8) is 0 Å². The molecule has 3 aromatic rings. The van der Waals surface area contributed by atoms with Gasteiger partial charge in [0.2, 0.25) is 0 Å². The molecule has 0 spiro atoms. The van der Waals surface area contributed by atoms with Gasteiger partial charge in [-0.2, -0.15) is 0 Å². The number of benzene rings is 2. The van der Waals surface area contributed by atoms with Crippen molar-refractivity contribution in [2.75, 3.05) is 0 Å². The molecule has 0 radical (unpaired) electrons. The maximum absolute atomic E-state index is 12.4. The van der Waals surface area contributed by atoms with Crippen molar-refractivity contribution in [2.45, 2.75) is 10.8 Å². The number of carbonyl (C=O) groups is 1. The fourth-order valence-corrected chi connectivity index (χ4v) is 3.45. The standard InChI is InChI=1S/C16H14N4O4S/c21-16(18-22)13-6-4-5-12(9-13)15-10-20(19-17-15)11-25(23,24)14-7-2-1-3-8-14/h1-10,22H,11H2,(H,18,21). The SMILES string of the molecule is O=C(NO)c1cccc(-c2cn(CS(=O)(=O)c3ccccc3)nn2)c1. The zero-order valence-electron chi connectivity index (χ0n) is 12.9. The van der Waals surface area contributed by atoms with Crippen LogP contribution >= 0.6 is 0 Å². The highest BCUT2D eigenvalue weighted by Crippen LogP contribution is 2.19. The number of carbonyl (C=O) groups excluding carboxylic acids is 1. The summed E-state index contributed by atoms with van der Waals surface area (Å²) in [4.78, 5) is 11.7. The van der Waals surface area contributed by atoms with Gasteiger partial charge >= 0.3 is 0 Å². The Morgan fingerprint density at radius 3 is 2.60 bits per heavy atom.